The highest BCUT2D eigenvalue weighted by Gasteiger charge is 2.26. The zero-order chi connectivity index (χ0) is 16.6. The Morgan fingerprint density at radius 3 is 2.76 bits per heavy atom. The van der Waals surface area contributed by atoms with Gasteiger partial charge in [-0.15, -0.1) is 10.2 Å². The molecule has 4 heterocycles. The van der Waals surface area contributed by atoms with Gasteiger partial charge in [0.15, 0.2) is 5.82 Å². The Morgan fingerprint density at radius 2 is 1.84 bits per heavy atom. The van der Waals surface area contributed by atoms with Crippen LogP contribution in [0.3, 0.4) is 0 Å². The van der Waals surface area contributed by atoms with Gasteiger partial charge in [-0.2, -0.15) is 0 Å². The molecule has 25 heavy (non-hydrogen) atoms. The van der Waals surface area contributed by atoms with Crippen molar-refractivity contribution in [2.24, 2.45) is 0 Å². The van der Waals surface area contributed by atoms with Crippen LogP contribution in [0.1, 0.15) is 30.9 Å². The quantitative estimate of drug-likeness (QED) is 0.717. The highest BCUT2D eigenvalue weighted by molar-refractivity contribution is 5.63. The molecule has 2 fully saturated rings. The van der Waals surface area contributed by atoms with E-state index in [1.807, 2.05) is 10.6 Å². The van der Waals surface area contributed by atoms with Gasteiger partial charge in [0.1, 0.15) is 18.5 Å². The lowest BCUT2D eigenvalue weighted by atomic mass is 10.2. The van der Waals surface area contributed by atoms with Crippen LogP contribution in [0.5, 0.6) is 0 Å². The summed E-state index contributed by atoms with van der Waals surface area (Å²) < 4.78 is 1.91. The molecule has 1 saturated heterocycles. The monoisotopic (exact) mass is 336 g/mol. The van der Waals surface area contributed by atoms with Crippen LogP contribution in [0.4, 0.5) is 11.6 Å². The summed E-state index contributed by atoms with van der Waals surface area (Å²) in [6, 6.07) is 2.17. The molecule has 0 bridgehead atoms. The van der Waals surface area contributed by atoms with Crippen molar-refractivity contribution in [3.63, 3.8) is 0 Å². The third kappa shape index (κ3) is 2.77. The maximum atomic E-state index is 4.55. The molecule has 128 valence electrons. The van der Waals surface area contributed by atoms with E-state index in [1.54, 1.807) is 18.9 Å². The summed E-state index contributed by atoms with van der Waals surface area (Å²) in [5, 5.41) is 8.21. The van der Waals surface area contributed by atoms with Gasteiger partial charge in [0.2, 0.25) is 5.65 Å². The summed E-state index contributed by atoms with van der Waals surface area (Å²) in [7, 11) is 0. The summed E-state index contributed by atoms with van der Waals surface area (Å²) in [6.07, 6.45) is 10.7. The molecule has 0 spiro atoms. The first-order valence-electron chi connectivity index (χ1n) is 8.85. The van der Waals surface area contributed by atoms with E-state index in [2.05, 4.69) is 41.0 Å². The van der Waals surface area contributed by atoms with Gasteiger partial charge >= 0.3 is 0 Å². The minimum Gasteiger partial charge on any atom is -0.355 e. The second-order valence-electron chi connectivity index (χ2n) is 6.72. The van der Waals surface area contributed by atoms with Crippen molar-refractivity contribution in [2.45, 2.75) is 25.2 Å². The standard InChI is InChI=1S/C17H20N8/c1-5-23(15-10-14(13-2-3-13)19-11-20-15)8-9-24(6-1)16-17-22-21-12-25(17)7-4-18-16/h4,7,10-13H,1-3,5-6,8-9H2. The van der Waals surface area contributed by atoms with Crippen LogP contribution in [0.25, 0.3) is 5.65 Å². The molecule has 0 unspecified atom stereocenters. The molecular weight excluding hydrogens is 316 g/mol. The molecule has 8 heteroatoms. The van der Waals surface area contributed by atoms with Gasteiger partial charge in [0.25, 0.3) is 0 Å². The summed E-state index contributed by atoms with van der Waals surface area (Å²) in [6.45, 7) is 3.75. The Bertz CT molecular complexity index is 887. The Morgan fingerprint density at radius 1 is 0.960 bits per heavy atom. The first kappa shape index (κ1) is 14.6. The third-order valence-corrected chi connectivity index (χ3v) is 4.99. The summed E-state index contributed by atoms with van der Waals surface area (Å²) >= 11 is 0. The summed E-state index contributed by atoms with van der Waals surface area (Å²) in [5.74, 6) is 2.61. The molecular formula is C17H20N8. The molecule has 2 aliphatic rings. The van der Waals surface area contributed by atoms with Gasteiger partial charge in [-0.1, -0.05) is 0 Å². The SMILES string of the molecule is c1nc(C2CC2)cc(N2CCCN(c3nccn4cnnc34)CC2)n1. The predicted octanol–water partition coefficient (Wildman–Crippen LogP) is 1.51. The Hall–Kier alpha value is -2.77. The topological polar surface area (TPSA) is 75.3 Å². The fraction of sp³-hybridized carbons (Fsp3) is 0.471. The Balaban J connectivity index is 1.36. The number of aromatic nitrogens is 6. The normalized spacial score (nSPS) is 18.6. The molecule has 8 nitrogen and oxygen atoms in total. The second-order valence-corrected chi connectivity index (χ2v) is 6.72. The van der Waals surface area contributed by atoms with Crippen molar-refractivity contribution in [3.05, 3.63) is 36.8 Å². The van der Waals surface area contributed by atoms with E-state index in [1.165, 1.54) is 18.5 Å². The average Bonchev–Trinajstić information content (AvgIpc) is 3.43. The highest BCUT2D eigenvalue weighted by atomic mass is 15.3. The number of anilines is 2. The van der Waals surface area contributed by atoms with Crippen molar-refractivity contribution in [2.75, 3.05) is 36.0 Å². The largest absolute Gasteiger partial charge is 0.355 e. The number of rotatable bonds is 3. The predicted molar refractivity (Wildman–Crippen MR) is 93.8 cm³/mol. The molecule has 1 aliphatic carbocycles. The molecule has 0 amide bonds. The first-order valence-corrected chi connectivity index (χ1v) is 8.85. The molecule has 3 aromatic rings. The van der Waals surface area contributed by atoms with Gasteiger partial charge in [0, 0.05) is 56.3 Å². The van der Waals surface area contributed by atoms with Gasteiger partial charge in [-0.3, -0.25) is 4.40 Å². The molecule has 0 atom stereocenters. The van der Waals surface area contributed by atoms with E-state index in [4.69, 9.17) is 0 Å². The number of fused-ring (bicyclic) bond motifs is 1. The van der Waals surface area contributed by atoms with Crippen LogP contribution < -0.4 is 9.80 Å². The molecule has 3 aromatic heterocycles. The van der Waals surface area contributed by atoms with Crippen LogP contribution >= 0.6 is 0 Å². The Kier molecular flexibility index (Phi) is 3.46. The van der Waals surface area contributed by atoms with E-state index in [9.17, 15) is 0 Å². The molecule has 0 aromatic carbocycles. The average molecular weight is 336 g/mol. The van der Waals surface area contributed by atoms with Crippen molar-refractivity contribution in [1.29, 1.82) is 0 Å². The number of hydrogen-bond donors (Lipinski definition) is 0. The molecule has 0 N–H and O–H groups in total. The number of hydrogen-bond acceptors (Lipinski definition) is 7. The van der Waals surface area contributed by atoms with Crippen LogP contribution in [0.2, 0.25) is 0 Å². The maximum Gasteiger partial charge on any atom is 0.203 e. The van der Waals surface area contributed by atoms with Crippen LogP contribution in [-0.4, -0.2) is 55.7 Å². The van der Waals surface area contributed by atoms with E-state index in [-0.39, 0.29) is 0 Å². The number of nitrogens with zero attached hydrogens (tertiary/aromatic N) is 8. The van der Waals surface area contributed by atoms with Crippen molar-refractivity contribution < 1.29 is 0 Å². The highest BCUT2D eigenvalue weighted by Crippen LogP contribution is 2.39. The van der Waals surface area contributed by atoms with E-state index in [0.29, 0.717) is 5.92 Å². The lowest BCUT2D eigenvalue weighted by Crippen LogP contribution is -2.32. The molecule has 1 saturated carbocycles. The maximum absolute atomic E-state index is 4.55. The fourth-order valence-corrected chi connectivity index (χ4v) is 3.46. The van der Waals surface area contributed by atoms with E-state index >= 15 is 0 Å². The van der Waals surface area contributed by atoms with Gasteiger partial charge in [-0.05, 0) is 19.3 Å². The smallest absolute Gasteiger partial charge is 0.203 e. The van der Waals surface area contributed by atoms with E-state index in [0.717, 1.165) is 49.9 Å². The molecule has 0 radical (unpaired) electrons. The van der Waals surface area contributed by atoms with Crippen molar-refractivity contribution >= 4 is 17.3 Å². The van der Waals surface area contributed by atoms with Crippen LogP contribution in [0, 0.1) is 0 Å². The zero-order valence-corrected chi connectivity index (χ0v) is 14.0. The summed E-state index contributed by atoms with van der Waals surface area (Å²) in [4.78, 5) is 18.1. The zero-order valence-electron chi connectivity index (χ0n) is 14.0. The van der Waals surface area contributed by atoms with Crippen molar-refractivity contribution in [1.82, 2.24) is 29.5 Å². The lowest BCUT2D eigenvalue weighted by Gasteiger charge is -2.23. The van der Waals surface area contributed by atoms with Gasteiger partial charge in [-0.25, -0.2) is 15.0 Å². The minimum absolute atomic E-state index is 0.653. The van der Waals surface area contributed by atoms with Crippen LogP contribution in [-0.2, 0) is 0 Å². The van der Waals surface area contributed by atoms with Crippen LogP contribution in [0.15, 0.2) is 31.1 Å². The molecule has 1 aliphatic heterocycles. The van der Waals surface area contributed by atoms with Gasteiger partial charge in [0.05, 0.1) is 0 Å². The first-order chi connectivity index (χ1) is 12.4. The van der Waals surface area contributed by atoms with Crippen molar-refractivity contribution in [3.8, 4) is 0 Å². The fourth-order valence-electron chi connectivity index (χ4n) is 3.46. The van der Waals surface area contributed by atoms with Gasteiger partial charge < -0.3 is 9.80 Å². The Labute approximate surface area is 145 Å². The van der Waals surface area contributed by atoms with E-state index < -0.39 is 0 Å². The molecule has 5 rings (SSSR count). The third-order valence-electron chi connectivity index (χ3n) is 4.99. The lowest BCUT2D eigenvalue weighted by molar-refractivity contribution is 0.790. The second kappa shape index (κ2) is 5.94. The summed E-state index contributed by atoms with van der Waals surface area (Å²) in [5.41, 5.74) is 2.01. The minimum atomic E-state index is 0.653.